The lowest BCUT2D eigenvalue weighted by molar-refractivity contribution is -0.138. The Morgan fingerprint density at radius 3 is 2.23 bits per heavy atom. The predicted molar refractivity (Wildman–Crippen MR) is 53.3 cm³/mol. The third-order valence-corrected chi connectivity index (χ3v) is 2.17. The van der Waals surface area contributed by atoms with Crippen LogP contribution in [0.15, 0.2) is 11.3 Å². The van der Waals surface area contributed by atoms with Crippen molar-refractivity contribution in [1.82, 2.24) is 4.90 Å². The lowest BCUT2D eigenvalue weighted by atomic mass is 10.2. The summed E-state index contributed by atoms with van der Waals surface area (Å²) >= 11 is 0. The molecule has 0 spiro atoms. The van der Waals surface area contributed by atoms with E-state index in [0.29, 0.717) is 12.2 Å². The highest BCUT2D eigenvalue weighted by molar-refractivity contribution is 5.88. The Labute approximate surface area is 80.4 Å². The molecule has 0 fully saturated rings. The van der Waals surface area contributed by atoms with E-state index >= 15 is 0 Å². The molecule has 76 valence electrons. The zero-order valence-corrected chi connectivity index (χ0v) is 9.18. The van der Waals surface area contributed by atoms with Crippen LogP contribution >= 0.6 is 0 Å². The largest absolute Gasteiger partial charge is 0.463 e. The van der Waals surface area contributed by atoms with Crippen molar-refractivity contribution in [3.8, 4) is 0 Å². The van der Waals surface area contributed by atoms with Crippen molar-refractivity contribution in [3.63, 3.8) is 0 Å². The monoisotopic (exact) mass is 185 g/mol. The Balaban J connectivity index is 4.50. The van der Waals surface area contributed by atoms with Gasteiger partial charge in [-0.2, -0.15) is 0 Å². The van der Waals surface area contributed by atoms with Crippen molar-refractivity contribution in [2.45, 2.75) is 27.7 Å². The molecule has 0 bridgehead atoms. The summed E-state index contributed by atoms with van der Waals surface area (Å²) in [5.74, 6) is -0.222. The van der Waals surface area contributed by atoms with Crippen LogP contribution in [0.2, 0.25) is 0 Å². The summed E-state index contributed by atoms with van der Waals surface area (Å²) in [5.41, 5.74) is 1.66. The molecule has 3 nitrogen and oxygen atoms in total. The number of carbonyl (C=O) groups is 1. The van der Waals surface area contributed by atoms with Crippen LogP contribution < -0.4 is 0 Å². The molecule has 3 heteroatoms. The summed E-state index contributed by atoms with van der Waals surface area (Å²) in [5, 5.41) is 0. The van der Waals surface area contributed by atoms with Crippen molar-refractivity contribution in [2.24, 2.45) is 0 Å². The molecule has 0 unspecified atom stereocenters. The molecule has 0 aromatic heterocycles. The first kappa shape index (κ1) is 12.0. The number of nitrogens with zero attached hydrogens (tertiary/aromatic N) is 1. The minimum atomic E-state index is -0.222. The first-order valence-corrected chi connectivity index (χ1v) is 4.60. The van der Waals surface area contributed by atoms with Gasteiger partial charge in [0.05, 0.1) is 12.2 Å². The molecule has 0 saturated carbocycles. The van der Waals surface area contributed by atoms with Crippen molar-refractivity contribution in [1.29, 1.82) is 0 Å². The van der Waals surface area contributed by atoms with Crippen molar-refractivity contribution in [2.75, 3.05) is 20.2 Å². The number of carbonyl (C=O) groups excluding carboxylic acids is 1. The van der Waals surface area contributed by atoms with E-state index in [0.717, 1.165) is 12.2 Å². The number of esters is 1. The van der Waals surface area contributed by atoms with Crippen molar-refractivity contribution < 1.29 is 9.53 Å². The van der Waals surface area contributed by atoms with E-state index in [4.69, 9.17) is 4.74 Å². The number of hydrogen-bond donors (Lipinski definition) is 0. The van der Waals surface area contributed by atoms with Gasteiger partial charge >= 0.3 is 5.97 Å². The van der Waals surface area contributed by atoms with Crippen molar-refractivity contribution in [3.05, 3.63) is 11.3 Å². The van der Waals surface area contributed by atoms with Gasteiger partial charge in [-0.05, 0) is 27.7 Å². The van der Waals surface area contributed by atoms with E-state index in [1.165, 1.54) is 0 Å². The molecular weight excluding hydrogens is 166 g/mol. The number of rotatable bonds is 4. The molecular formula is C10H19NO2. The topological polar surface area (TPSA) is 29.5 Å². The second kappa shape index (κ2) is 5.62. The first-order chi connectivity index (χ1) is 6.04. The molecule has 0 saturated heterocycles. The number of hydrogen-bond acceptors (Lipinski definition) is 3. The zero-order valence-electron chi connectivity index (χ0n) is 9.18. The fourth-order valence-electron chi connectivity index (χ4n) is 0.911. The predicted octanol–water partition coefficient (Wildman–Crippen LogP) is 1.80. The van der Waals surface area contributed by atoms with Crippen LogP contribution in [-0.4, -0.2) is 31.1 Å². The van der Waals surface area contributed by atoms with Gasteiger partial charge in [0, 0.05) is 19.3 Å². The fourth-order valence-corrected chi connectivity index (χ4v) is 0.911. The van der Waals surface area contributed by atoms with E-state index in [9.17, 15) is 4.79 Å². The first-order valence-electron chi connectivity index (χ1n) is 4.60. The third-order valence-electron chi connectivity index (χ3n) is 2.17. The SMILES string of the molecule is CCOC(=O)/C(C)=C(/C)N(C)CC. The maximum absolute atomic E-state index is 11.3. The van der Waals surface area contributed by atoms with Crippen LogP contribution in [0, 0.1) is 0 Å². The molecule has 0 atom stereocenters. The highest BCUT2D eigenvalue weighted by Gasteiger charge is 2.10. The Hall–Kier alpha value is -0.990. The second-order valence-corrected chi connectivity index (χ2v) is 2.95. The van der Waals surface area contributed by atoms with E-state index < -0.39 is 0 Å². The van der Waals surface area contributed by atoms with E-state index in [1.807, 2.05) is 32.7 Å². The summed E-state index contributed by atoms with van der Waals surface area (Å²) in [6.45, 7) is 8.89. The van der Waals surface area contributed by atoms with Gasteiger partial charge in [-0.25, -0.2) is 4.79 Å². The maximum atomic E-state index is 11.3. The average Bonchev–Trinajstić information content (AvgIpc) is 2.14. The van der Waals surface area contributed by atoms with Crippen LogP contribution in [0.3, 0.4) is 0 Å². The maximum Gasteiger partial charge on any atom is 0.335 e. The van der Waals surface area contributed by atoms with E-state index in [2.05, 4.69) is 0 Å². The lowest BCUT2D eigenvalue weighted by Crippen LogP contribution is -2.19. The van der Waals surface area contributed by atoms with E-state index in [1.54, 1.807) is 6.92 Å². The molecule has 0 aliphatic carbocycles. The van der Waals surface area contributed by atoms with Gasteiger partial charge < -0.3 is 9.64 Å². The molecule has 0 aromatic carbocycles. The molecule has 0 N–H and O–H groups in total. The molecule has 0 aliphatic rings. The molecule has 0 aromatic rings. The Bertz CT molecular complexity index is 209. The molecule has 0 rings (SSSR count). The van der Waals surface area contributed by atoms with Gasteiger partial charge in [0.2, 0.25) is 0 Å². The van der Waals surface area contributed by atoms with Gasteiger partial charge in [0.15, 0.2) is 0 Å². The smallest absolute Gasteiger partial charge is 0.335 e. The third kappa shape index (κ3) is 3.49. The summed E-state index contributed by atoms with van der Waals surface area (Å²) in [6, 6.07) is 0. The molecule has 0 heterocycles. The fraction of sp³-hybridized carbons (Fsp3) is 0.700. The van der Waals surface area contributed by atoms with Gasteiger partial charge in [-0.3, -0.25) is 0 Å². The van der Waals surface area contributed by atoms with E-state index in [-0.39, 0.29) is 5.97 Å². The van der Waals surface area contributed by atoms with Crippen LogP contribution in [0.4, 0.5) is 0 Å². The molecule has 13 heavy (non-hydrogen) atoms. The highest BCUT2D eigenvalue weighted by atomic mass is 16.5. The van der Waals surface area contributed by atoms with Crippen LogP contribution in [-0.2, 0) is 9.53 Å². The Morgan fingerprint density at radius 2 is 1.85 bits per heavy atom. The van der Waals surface area contributed by atoms with Gasteiger partial charge in [0.25, 0.3) is 0 Å². The number of ether oxygens (including phenoxy) is 1. The normalized spacial score (nSPS) is 12.1. The second-order valence-electron chi connectivity index (χ2n) is 2.95. The highest BCUT2D eigenvalue weighted by Crippen LogP contribution is 2.08. The Morgan fingerprint density at radius 1 is 1.31 bits per heavy atom. The quantitative estimate of drug-likeness (QED) is 0.494. The van der Waals surface area contributed by atoms with Crippen molar-refractivity contribution >= 4 is 5.97 Å². The Kier molecular flexibility index (Phi) is 5.19. The van der Waals surface area contributed by atoms with Crippen LogP contribution in [0.5, 0.6) is 0 Å². The van der Waals surface area contributed by atoms with Gasteiger partial charge in [0.1, 0.15) is 0 Å². The van der Waals surface area contributed by atoms with Gasteiger partial charge in [-0.1, -0.05) is 0 Å². The average molecular weight is 185 g/mol. The minimum Gasteiger partial charge on any atom is -0.463 e. The van der Waals surface area contributed by atoms with Crippen LogP contribution in [0.25, 0.3) is 0 Å². The zero-order chi connectivity index (χ0) is 10.4. The summed E-state index contributed by atoms with van der Waals surface area (Å²) in [6.07, 6.45) is 0. The number of allylic oxidation sites excluding steroid dienone is 1. The molecule has 0 radical (unpaired) electrons. The van der Waals surface area contributed by atoms with Crippen LogP contribution in [0.1, 0.15) is 27.7 Å². The lowest BCUT2D eigenvalue weighted by Gasteiger charge is -2.19. The molecule has 0 aliphatic heterocycles. The summed E-state index contributed by atoms with van der Waals surface area (Å²) in [4.78, 5) is 13.3. The summed E-state index contributed by atoms with van der Waals surface area (Å²) < 4.78 is 4.90. The summed E-state index contributed by atoms with van der Waals surface area (Å²) in [7, 11) is 1.96. The molecule has 0 amide bonds. The van der Waals surface area contributed by atoms with Gasteiger partial charge in [-0.15, -0.1) is 0 Å². The minimum absolute atomic E-state index is 0.222. The standard InChI is InChI=1S/C10H19NO2/c1-6-11(5)9(4)8(3)10(12)13-7-2/h6-7H2,1-5H3/b9-8-.